The lowest BCUT2D eigenvalue weighted by molar-refractivity contribution is 0.101. The number of carbonyl (C=O) groups is 1. The fourth-order valence-electron chi connectivity index (χ4n) is 1.92. The topological polar surface area (TPSA) is 72.9 Å². The van der Waals surface area contributed by atoms with Gasteiger partial charge >= 0.3 is 0 Å². The number of aromatic nitrogens is 2. The zero-order chi connectivity index (χ0) is 14.9. The van der Waals surface area contributed by atoms with Crippen molar-refractivity contribution < 1.29 is 4.79 Å². The number of hydrogen-bond donors (Lipinski definition) is 2. The van der Waals surface area contributed by atoms with Gasteiger partial charge in [-0.1, -0.05) is 36.2 Å². The van der Waals surface area contributed by atoms with Crippen molar-refractivity contribution in [2.45, 2.75) is 13.3 Å². The van der Waals surface area contributed by atoms with Gasteiger partial charge in [0, 0.05) is 7.05 Å². The molecule has 20 heavy (non-hydrogen) atoms. The molecule has 0 fully saturated rings. The molecular formula is C13H14Cl2N4O. The summed E-state index contributed by atoms with van der Waals surface area (Å²) < 4.78 is 1.45. The van der Waals surface area contributed by atoms with Crippen LogP contribution in [-0.2, 0) is 13.5 Å². The van der Waals surface area contributed by atoms with E-state index < -0.39 is 5.91 Å². The van der Waals surface area contributed by atoms with Gasteiger partial charge in [-0.15, -0.1) is 0 Å². The van der Waals surface area contributed by atoms with Gasteiger partial charge in [-0.05, 0) is 18.6 Å². The Bertz CT molecular complexity index is 646. The minimum atomic E-state index is -0.396. The van der Waals surface area contributed by atoms with E-state index in [0.717, 1.165) is 0 Å². The van der Waals surface area contributed by atoms with Crippen LogP contribution in [0.25, 0.3) is 0 Å². The lowest BCUT2D eigenvalue weighted by atomic mass is 10.2. The highest BCUT2D eigenvalue weighted by molar-refractivity contribution is 6.40. The van der Waals surface area contributed by atoms with Crippen LogP contribution in [0.3, 0.4) is 0 Å². The van der Waals surface area contributed by atoms with Gasteiger partial charge in [0.25, 0.3) is 5.91 Å². The lowest BCUT2D eigenvalue weighted by Gasteiger charge is -2.09. The number of nitrogens with one attached hydrogen (secondary N) is 1. The Morgan fingerprint density at radius 1 is 1.40 bits per heavy atom. The van der Waals surface area contributed by atoms with Crippen LogP contribution in [0.4, 0.5) is 11.4 Å². The Balaban J connectivity index is 2.36. The van der Waals surface area contributed by atoms with Gasteiger partial charge in [0.05, 0.1) is 27.1 Å². The number of nitrogens with zero attached hydrogens (tertiary/aromatic N) is 2. The lowest BCUT2D eigenvalue weighted by Crippen LogP contribution is -2.18. The van der Waals surface area contributed by atoms with E-state index in [-0.39, 0.29) is 5.69 Å². The normalized spacial score (nSPS) is 10.6. The molecule has 106 valence electrons. The van der Waals surface area contributed by atoms with Crippen molar-refractivity contribution in [1.82, 2.24) is 9.78 Å². The smallest absolute Gasteiger partial charge is 0.276 e. The summed E-state index contributed by atoms with van der Waals surface area (Å²) in [5, 5.41) is 7.60. The van der Waals surface area contributed by atoms with Crippen LogP contribution in [0.1, 0.15) is 23.1 Å². The predicted octanol–water partition coefficient (Wildman–Crippen LogP) is 3.12. The fourth-order valence-corrected chi connectivity index (χ4v) is 2.41. The van der Waals surface area contributed by atoms with Gasteiger partial charge in [0.1, 0.15) is 5.69 Å². The average molecular weight is 313 g/mol. The van der Waals surface area contributed by atoms with E-state index in [0.29, 0.717) is 33.5 Å². The molecule has 7 heteroatoms. The molecule has 1 heterocycles. The van der Waals surface area contributed by atoms with Crippen molar-refractivity contribution in [3.05, 3.63) is 39.6 Å². The molecule has 5 nitrogen and oxygen atoms in total. The van der Waals surface area contributed by atoms with Gasteiger partial charge in [-0.2, -0.15) is 5.10 Å². The number of para-hydroxylation sites is 1. The van der Waals surface area contributed by atoms with Crippen molar-refractivity contribution in [3.63, 3.8) is 0 Å². The van der Waals surface area contributed by atoms with E-state index in [1.165, 1.54) is 4.68 Å². The molecule has 0 radical (unpaired) electrons. The monoisotopic (exact) mass is 312 g/mol. The Hall–Kier alpha value is -1.72. The van der Waals surface area contributed by atoms with E-state index in [1.807, 2.05) is 6.92 Å². The third-order valence-corrected chi connectivity index (χ3v) is 3.54. The minimum Gasteiger partial charge on any atom is -0.395 e. The van der Waals surface area contributed by atoms with Crippen LogP contribution in [0.5, 0.6) is 0 Å². The predicted molar refractivity (Wildman–Crippen MR) is 81.4 cm³/mol. The summed E-state index contributed by atoms with van der Waals surface area (Å²) in [6.45, 7) is 1.92. The number of amides is 1. The third kappa shape index (κ3) is 2.59. The second kappa shape index (κ2) is 5.73. The summed E-state index contributed by atoms with van der Waals surface area (Å²) in [6, 6.07) is 4.99. The molecule has 1 amide bonds. The number of rotatable bonds is 3. The number of benzene rings is 1. The highest BCUT2D eigenvalue weighted by atomic mass is 35.5. The molecule has 0 aliphatic heterocycles. The van der Waals surface area contributed by atoms with Gasteiger partial charge in [-0.3, -0.25) is 9.48 Å². The molecule has 2 rings (SSSR count). The van der Waals surface area contributed by atoms with Crippen LogP contribution >= 0.6 is 23.2 Å². The van der Waals surface area contributed by atoms with Gasteiger partial charge in [0.2, 0.25) is 0 Å². The summed E-state index contributed by atoms with van der Waals surface area (Å²) >= 11 is 12.0. The fraction of sp³-hybridized carbons (Fsp3) is 0.231. The van der Waals surface area contributed by atoms with E-state index in [2.05, 4.69) is 10.4 Å². The third-order valence-electron chi connectivity index (χ3n) is 2.91. The summed E-state index contributed by atoms with van der Waals surface area (Å²) in [7, 11) is 1.67. The molecule has 3 N–H and O–H groups in total. The maximum absolute atomic E-state index is 12.3. The molecule has 0 saturated heterocycles. The molecule has 1 aromatic heterocycles. The number of hydrogen-bond acceptors (Lipinski definition) is 3. The number of aryl methyl sites for hydroxylation is 2. The summed E-state index contributed by atoms with van der Waals surface area (Å²) in [5.74, 6) is -0.396. The van der Waals surface area contributed by atoms with Crippen molar-refractivity contribution in [1.29, 1.82) is 0 Å². The molecule has 2 aromatic rings. The first-order valence-corrected chi connectivity index (χ1v) is 6.78. The highest BCUT2D eigenvalue weighted by Gasteiger charge is 2.20. The van der Waals surface area contributed by atoms with Crippen molar-refractivity contribution >= 4 is 40.5 Å². The van der Waals surface area contributed by atoms with Gasteiger partial charge in [-0.25, -0.2) is 0 Å². The van der Waals surface area contributed by atoms with Gasteiger partial charge < -0.3 is 11.1 Å². The number of carbonyl (C=O) groups excluding carboxylic acids is 1. The summed E-state index contributed by atoms with van der Waals surface area (Å²) in [5.41, 5.74) is 7.64. The number of nitrogen functional groups attached to an aromatic ring is 1. The molecular weight excluding hydrogens is 299 g/mol. The van der Waals surface area contributed by atoms with Crippen LogP contribution in [0.2, 0.25) is 10.0 Å². The molecule has 0 unspecified atom stereocenters. The maximum Gasteiger partial charge on any atom is 0.276 e. The van der Waals surface area contributed by atoms with E-state index in [9.17, 15) is 4.79 Å². The van der Waals surface area contributed by atoms with Gasteiger partial charge in [0.15, 0.2) is 0 Å². The molecule has 1 aromatic carbocycles. The zero-order valence-corrected chi connectivity index (χ0v) is 12.6. The maximum atomic E-state index is 12.3. The summed E-state index contributed by atoms with van der Waals surface area (Å²) in [6.07, 6.45) is 0.653. The van der Waals surface area contributed by atoms with Crippen molar-refractivity contribution in [2.75, 3.05) is 11.1 Å². The SMILES string of the molecule is CCc1nn(C)c(C(=O)Nc2c(Cl)cccc2Cl)c1N. The number of nitrogens with two attached hydrogens (primary N) is 1. The van der Waals surface area contributed by atoms with E-state index >= 15 is 0 Å². The molecule has 0 bridgehead atoms. The van der Waals surface area contributed by atoms with Crippen molar-refractivity contribution in [3.8, 4) is 0 Å². The Morgan fingerprint density at radius 2 is 2.00 bits per heavy atom. The van der Waals surface area contributed by atoms with E-state index in [1.54, 1.807) is 25.2 Å². The first kappa shape index (κ1) is 14.7. The van der Waals surface area contributed by atoms with E-state index in [4.69, 9.17) is 28.9 Å². The molecule has 0 aliphatic carbocycles. The number of halogens is 2. The second-order valence-electron chi connectivity index (χ2n) is 4.24. The highest BCUT2D eigenvalue weighted by Crippen LogP contribution is 2.30. The van der Waals surface area contributed by atoms with Crippen LogP contribution in [-0.4, -0.2) is 15.7 Å². The van der Waals surface area contributed by atoms with Crippen LogP contribution in [0.15, 0.2) is 18.2 Å². The second-order valence-corrected chi connectivity index (χ2v) is 5.05. The first-order valence-electron chi connectivity index (χ1n) is 6.02. The average Bonchev–Trinajstić information content (AvgIpc) is 2.68. The Labute approximate surface area is 126 Å². The quantitative estimate of drug-likeness (QED) is 0.914. The Morgan fingerprint density at radius 3 is 2.50 bits per heavy atom. The van der Waals surface area contributed by atoms with Crippen LogP contribution < -0.4 is 11.1 Å². The number of anilines is 2. The first-order chi connectivity index (χ1) is 9.45. The minimum absolute atomic E-state index is 0.290. The Kier molecular flexibility index (Phi) is 4.20. The van der Waals surface area contributed by atoms with Crippen molar-refractivity contribution in [2.24, 2.45) is 7.05 Å². The molecule has 0 spiro atoms. The van der Waals surface area contributed by atoms with Crippen LogP contribution in [0, 0.1) is 0 Å². The zero-order valence-electron chi connectivity index (χ0n) is 11.1. The molecule has 0 saturated carbocycles. The molecule has 0 aliphatic rings. The standard InChI is InChI=1S/C13H14Cl2N4O/c1-3-9-10(16)12(19(2)18-9)13(20)17-11-7(14)5-4-6-8(11)15/h4-6H,3,16H2,1-2H3,(H,17,20). The molecule has 0 atom stereocenters. The largest absolute Gasteiger partial charge is 0.395 e. The summed E-state index contributed by atoms with van der Waals surface area (Å²) in [4.78, 5) is 12.3.